The van der Waals surface area contributed by atoms with Crippen LogP contribution >= 0.6 is 0 Å². The fraction of sp³-hybridized carbons (Fsp3) is 0.429. The molecule has 0 aliphatic carbocycles. The van der Waals surface area contributed by atoms with Crippen molar-refractivity contribution in [2.75, 3.05) is 23.0 Å². The number of hydrogen-bond donors (Lipinski definition) is 0. The lowest BCUT2D eigenvalue weighted by molar-refractivity contribution is 0.0858. The molecule has 1 aromatic carbocycles. The molecule has 0 amide bonds. The molecule has 2 saturated heterocycles. The van der Waals surface area contributed by atoms with Gasteiger partial charge >= 0.3 is 0 Å². The summed E-state index contributed by atoms with van der Waals surface area (Å²) >= 11 is 0. The van der Waals surface area contributed by atoms with E-state index < -0.39 is 0 Å². The molecular weight excluding hydrogens is 357 g/mol. The van der Waals surface area contributed by atoms with Gasteiger partial charge in [0.25, 0.3) is 0 Å². The van der Waals surface area contributed by atoms with Crippen molar-refractivity contribution in [3.8, 4) is 0 Å². The van der Waals surface area contributed by atoms with Crippen LogP contribution in [0.25, 0.3) is 10.9 Å². The number of benzene rings is 1. The highest BCUT2D eigenvalue weighted by atomic mass is 19.1. The predicted molar refractivity (Wildman–Crippen MR) is 105 cm³/mol. The molecule has 6 nitrogen and oxygen atoms in total. The molecule has 0 saturated carbocycles. The molecule has 2 fully saturated rings. The summed E-state index contributed by atoms with van der Waals surface area (Å²) < 4.78 is 21.8. The quantitative estimate of drug-likeness (QED) is 0.685. The number of aromatic nitrogens is 3. The molecule has 28 heavy (non-hydrogen) atoms. The van der Waals surface area contributed by atoms with Crippen molar-refractivity contribution in [2.24, 2.45) is 7.05 Å². The lowest BCUT2D eigenvalue weighted by Gasteiger charge is -2.29. The number of hydrogen-bond acceptors (Lipinski definition) is 5. The Hall–Kier alpha value is -2.67. The average molecular weight is 379 g/mol. The molecule has 2 atom stereocenters. The lowest BCUT2D eigenvalue weighted by atomic mass is 10.0. The van der Waals surface area contributed by atoms with E-state index >= 15 is 0 Å². The first-order valence-corrected chi connectivity index (χ1v) is 9.91. The van der Waals surface area contributed by atoms with E-state index in [1.54, 1.807) is 6.07 Å². The smallest absolute Gasteiger partial charge is 0.149 e. The van der Waals surface area contributed by atoms with Crippen LogP contribution in [0.5, 0.6) is 0 Å². The summed E-state index contributed by atoms with van der Waals surface area (Å²) in [6, 6.07) is 5.49. The monoisotopic (exact) mass is 379 g/mol. The van der Waals surface area contributed by atoms with Crippen molar-refractivity contribution in [3.05, 3.63) is 47.7 Å². The molecule has 0 radical (unpaired) electrons. The minimum absolute atomic E-state index is 0.160. The summed E-state index contributed by atoms with van der Waals surface area (Å²) in [5, 5.41) is 0.998. The molecule has 2 aromatic heterocycles. The van der Waals surface area contributed by atoms with Crippen molar-refractivity contribution in [1.82, 2.24) is 14.5 Å². The van der Waals surface area contributed by atoms with Crippen LogP contribution in [0.1, 0.15) is 24.1 Å². The number of anilines is 2. The summed E-state index contributed by atoms with van der Waals surface area (Å²) in [7, 11) is 2.07. The van der Waals surface area contributed by atoms with E-state index in [9.17, 15) is 4.39 Å². The van der Waals surface area contributed by atoms with Gasteiger partial charge in [0.1, 0.15) is 23.7 Å². The van der Waals surface area contributed by atoms with Crippen LogP contribution in [-0.2, 0) is 24.8 Å². The number of rotatable bonds is 2. The summed E-state index contributed by atoms with van der Waals surface area (Å²) in [6.07, 6.45) is 7.04. The maximum atomic E-state index is 13.8. The van der Waals surface area contributed by atoms with Gasteiger partial charge in [-0.15, -0.1) is 0 Å². The second kappa shape index (κ2) is 5.91. The first-order valence-electron chi connectivity index (χ1n) is 9.91. The van der Waals surface area contributed by atoms with Gasteiger partial charge in [0.15, 0.2) is 0 Å². The van der Waals surface area contributed by atoms with Gasteiger partial charge in [-0.25, -0.2) is 14.4 Å². The van der Waals surface area contributed by atoms with E-state index in [0.29, 0.717) is 6.04 Å². The van der Waals surface area contributed by atoms with E-state index in [0.717, 1.165) is 55.1 Å². The largest absolute Gasteiger partial charge is 0.356 e. The van der Waals surface area contributed by atoms with Gasteiger partial charge in [-0.3, -0.25) is 0 Å². The second-order valence-corrected chi connectivity index (χ2v) is 7.98. The maximum Gasteiger partial charge on any atom is 0.149 e. The van der Waals surface area contributed by atoms with E-state index in [1.165, 1.54) is 23.7 Å². The van der Waals surface area contributed by atoms with E-state index in [-0.39, 0.29) is 12.0 Å². The fourth-order valence-corrected chi connectivity index (χ4v) is 5.09. The van der Waals surface area contributed by atoms with Crippen LogP contribution in [-0.4, -0.2) is 40.0 Å². The van der Waals surface area contributed by atoms with Gasteiger partial charge in [-0.2, -0.15) is 0 Å². The SMILES string of the molecule is Cn1c2c(c3cc(F)ccc31)CN(c1cnc(N3C4CCC3OC4)cn1)CC2. The van der Waals surface area contributed by atoms with Crippen LogP contribution in [0.4, 0.5) is 16.0 Å². The summed E-state index contributed by atoms with van der Waals surface area (Å²) in [5.74, 6) is 1.58. The standard InChI is InChI=1S/C21H22FN5O/c1-25-17-4-2-13(22)8-15(17)16-11-26(7-6-18(16)25)19-9-24-20(10-23-19)27-14-3-5-21(27)28-12-14/h2,4,8-10,14,21H,3,5-7,11-12H2,1H3. The average Bonchev–Trinajstić information content (AvgIpc) is 3.40. The number of aryl methyl sites for hydroxylation is 1. The Balaban J connectivity index is 1.30. The van der Waals surface area contributed by atoms with Crippen molar-refractivity contribution < 1.29 is 9.13 Å². The second-order valence-electron chi connectivity index (χ2n) is 7.98. The van der Waals surface area contributed by atoms with E-state index in [1.807, 2.05) is 18.5 Å². The van der Waals surface area contributed by atoms with Crippen LogP contribution < -0.4 is 9.80 Å². The van der Waals surface area contributed by atoms with Gasteiger partial charge in [-0.05, 0) is 31.0 Å². The molecule has 5 heterocycles. The molecule has 3 aliphatic heterocycles. The molecule has 6 rings (SSSR count). The minimum atomic E-state index is -0.190. The molecule has 144 valence electrons. The maximum absolute atomic E-state index is 13.8. The first kappa shape index (κ1) is 16.3. The molecule has 0 N–H and O–H groups in total. The highest BCUT2D eigenvalue weighted by Gasteiger charge is 2.41. The van der Waals surface area contributed by atoms with Crippen molar-refractivity contribution in [1.29, 1.82) is 0 Å². The summed E-state index contributed by atoms with van der Waals surface area (Å²) in [6.45, 7) is 2.40. The van der Waals surface area contributed by atoms with Crippen LogP contribution in [0.15, 0.2) is 30.6 Å². The molecule has 3 aliphatic rings. The molecule has 3 aromatic rings. The van der Waals surface area contributed by atoms with Crippen LogP contribution in [0.2, 0.25) is 0 Å². The third-order valence-corrected chi connectivity index (χ3v) is 6.51. The lowest BCUT2D eigenvalue weighted by Crippen LogP contribution is -2.32. The highest BCUT2D eigenvalue weighted by Crippen LogP contribution is 2.36. The Morgan fingerprint density at radius 1 is 1.14 bits per heavy atom. The van der Waals surface area contributed by atoms with Crippen LogP contribution in [0.3, 0.4) is 0 Å². The Labute approximate surface area is 162 Å². The molecule has 7 heteroatoms. The van der Waals surface area contributed by atoms with Crippen LogP contribution in [0, 0.1) is 5.82 Å². The summed E-state index contributed by atoms with van der Waals surface area (Å²) in [4.78, 5) is 13.9. The van der Waals surface area contributed by atoms with E-state index in [4.69, 9.17) is 14.7 Å². The molecule has 2 bridgehead atoms. The van der Waals surface area contributed by atoms with Gasteiger partial charge in [0.2, 0.25) is 0 Å². The number of halogens is 1. The number of ether oxygens (including phenoxy) is 1. The van der Waals surface area contributed by atoms with E-state index in [2.05, 4.69) is 21.4 Å². The van der Waals surface area contributed by atoms with Crippen molar-refractivity contribution in [3.63, 3.8) is 0 Å². The zero-order valence-corrected chi connectivity index (χ0v) is 15.8. The molecule has 2 unspecified atom stereocenters. The molecule has 0 spiro atoms. The van der Waals surface area contributed by atoms with Gasteiger partial charge in [0, 0.05) is 48.7 Å². The Bertz CT molecular complexity index is 1040. The predicted octanol–water partition coefficient (Wildman–Crippen LogP) is 3.00. The number of nitrogens with zero attached hydrogens (tertiary/aromatic N) is 5. The Kier molecular flexibility index (Phi) is 3.44. The van der Waals surface area contributed by atoms with Gasteiger partial charge in [0.05, 0.1) is 25.0 Å². The topological polar surface area (TPSA) is 46.4 Å². The third-order valence-electron chi connectivity index (χ3n) is 6.51. The van der Waals surface area contributed by atoms with Gasteiger partial charge in [-0.1, -0.05) is 0 Å². The normalized spacial score (nSPS) is 23.6. The first-order chi connectivity index (χ1) is 13.7. The minimum Gasteiger partial charge on any atom is -0.356 e. The highest BCUT2D eigenvalue weighted by molar-refractivity contribution is 5.86. The zero-order valence-electron chi connectivity index (χ0n) is 15.8. The number of fused-ring (bicyclic) bond motifs is 5. The van der Waals surface area contributed by atoms with Crippen molar-refractivity contribution in [2.45, 2.75) is 38.1 Å². The summed E-state index contributed by atoms with van der Waals surface area (Å²) in [5.41, 5.74) is 3.56. The third kappa shape index (κ3) is 2.29. The fourth-order valence-electron chi connectivity index (χ4n) is 5.09. The zero-order chi connectivity index (χ0) is 18.8. The van der Waals surface area contributed by atoms with Crippen molar-refractivity contribution >= 4 is 22.5 Å². The Morgan fingerprint density at radius 3 is 2.71 bits per heavy atom. The Morgan fingerprint density at radius 2 is 2.00 bits per heavy atom. The van der Waals surface area contributed by atoms with Gasteiger partial charge < -0.3 is 19.1 Å². The molecular formula is C21H22FN5O.